The zero-order valence-corrected chi connectivity index (χ0v) is 16.8. The van der Waals surface area contributed by atoms with Crippen LogP contribution in [0.4, 0.5) is 5.69 Å². The van der Waals surface area contributed by atoms with Crippen LogP contribution in [-0.2, 0) is 4.79 Å². The second kappa shape index (κ2) is 9.14. The molecule has 0 radical (unpaired) electrons. The van der Waals surface area contributed by atoms with Crippen LogP contribution in [0.2, 0.25) is 0 Å². The molecule has 1 amide bonds. The van der Waals surface area contributed by atoms with Crippen LogP contribution in [-0.4, -0.2) is 43.7 Å². The smallest absolute Gasteiger partial charge is 0.241 e. The van der Waals surface area contributed by atoms with Gasteiger partial charge in [-0.3, -0.25) is 9.69 Å². The van der Waals surface area contributed by atoms with E-state index in [0.29, 0.717) is 26.3 Å². The zero-order chi connectivity index (χ0) is 20.1. The Hall–Kier alpha value is -2.79. The lowest BCUT2D eigenvalue weighted by atomic mass is 10.0. The summed E-state index contributed by atoms with van der Waals surface area (Å²) in [6, 6.07) is 16.2. The molecule has 4 rings (SSSR count). The molecule has 0 saturated carbocycles. The van der Waals surface area contributed by atoms with Gasteiger partial charge in [-0.05, 0) is 49.2 Å². The molecule has 5 nitrogen and oxygen atoms in total. The number of hydrogen-bond donors (Lipinski definition) is 0. The van der Waals surface area contributed by atoms with E-state index in [4.69, 9.17) is 9.47 Å². The lowest BCUT2D eigenvalue weighted by molar-refractivity contribution is -0.119. The zero-order valence-electron chi connectivity index (χ0n) is 16.8. The topological polar surface area (TPSA) is 42.0 Å². The first-order chi connectivity index (χ1) is 14.3. The molecule has 0 spiro atoms. The van der Waals surface area contributed by atoms with E-state index in [2.05, 4.69) is 23.6 Å². The fourth-order valence-corrected chi connectivity index (χ4v) is 4.13. The monoisotopic (exact) mass is 392 g/mol. The van der Waals surface area contributed by atoms with Crippen molar-refractivity contribution in [1.29, 1.82) is 0 Å². The number of ether oxygens (including phenoxy) is 2. The Morgan fingerprint density at radius 3 is 2.69 bits per heavy atom. The average molecular weight is 392 g/mol. The third-order valence-electron chi connectivity index (χ3n) is 5.54. The van der Waals surface area contributed by atoms with Crippen LogP contribution >= 0.6 is 0 Å². The van der Waals surface area contributed by atoms with Crippen LogP contribution in [0.15, 0.2) is 61.2 Å². The number of benzene rings is 2. The molecular formula is C24H28N2O3. The van der Waals surface area contributed by atoms with Crippen molar-refractivity contribution in [2.24, 2.45) is 0 Å². The average Bonchev–Trinajstić information content (AvgIpc) is 3.07. The number of anilines is 1. The maximum atomic E-state index is 13.1. The van der Waals surface area contributed by atoms with E-state index in [9.17, 15) is 4.79 Å². The number of carbonyl (C=O) groups excluding carboxylic acids is 1. The largest absolute Gasteiger partial charge is 0.490 e. The highest BCUT2D eigenvalue weighted by atomic mass is 16.5. The highest BCUT2D eigenvalue weighted by molar-refractivity contribution is 5.95. The number of likely N-dealkylation sites (tertiary alicyclic amines) is 1. The van der Waals surface area contributed by atoms with Crippen LogP contribution in [0, 0.1) is 0 Å². The van der Waals surface area contributed by atoms with Crippen LogP contribution in [0.5, 0.6) is 11.5 Å². The third kappa shape index (κ3) is 4.46. The molecule has 1 fully saturated rings. The fourth-order valence-electron chi connectivity index (χ4n) is 4.13. The first kappa shape index (κ1) is 19.5. The Morgan fingerprint density at radius 1 is 1.10 bits per heavy atom. The van der Waals surface area contributed by atoms with Crippen molar-refractivity contribution in [2.75, 3.05) is 37.7 Å². The third-order valence-corrected chi connectivity index (χ3v) is 5.54. The van der Waals surface area contributed by atoms with E-state index in [1.807, 2.05) is 36.4 Å². The van der Waals surface area contributed by atoms with Crippen molar-refractivity contribution in [3.63, 3.8) is 0 Å². The second-order valence-electron chi connectivity index (χ2n) is 7.51. The Kier molecular flexibility index (Phi) is 6.15. The molecule has 0 N–H and O–H groups in total. The Labute approximate surface area is 172 Å². The summed E-state index contributed by atoms with van der Waals surface area (Å²) < 4.78 is 11.6. The maximum absolute atomic E-state index is 13.1. The van der Waals surface area contributed by atoms with Gasteiger partial charge in [-0.1, -0.05) is 30.3 Å². The highest BCUT2D eigenvalue weighted by Gasteiger charge is 2.30. The molecule has 2 heterocycles. The summed E-state index contributed by atoms with van der Waals surface area (Å²) in [4.78, 5) is 17.2. The normalized spacial score (nSPS) is 18.8. The van der Waals surface area contributed by atoms with Crippen molar-refractivity contribution >= 4 is 11.6 Å². The summed E-state index contributed by atoms with van der Waals surface area (Å²) in [7, 11) is 0. The van der Waals surface area contributed by atoms with E-state index in [1.54, 1.807) is 11.0 Å². The molecule has 1 saturated heterocycles. The Bertz CT molecular complexity index is 852. The number of rotatable bonds is 6. The lowest BCUT2D eigenvalue weighted by Crippen LogP contribution is -2.40. The molecule has 0 aromatic heterocycles. The van der Waals surface area contributed by atoms with Gasteiger partial charge < -0.3 is 14.4 Å². The van der Waals surface area contributed by atoms with E-state index in [-0.39, 0.29) is 11.9 Å². The summed E-state index contributed by atoms with van der Waals surface area (Å²) >= 11 is 0. The number of amides is 1. The summed E-state index contributed by atoms with van der Waals surface area (Å²) in [5, 5.41) is 0. The summed E-state index contributed by atoms with van der Waals surface area (Å²) in [6.45, 7) is 7.00. The van der Waals surface area contributed by atoms with Crippen molar-refractivity contribution in [2.45, 2.75) is 25.3 Å². The number of hydrogen-bond acceptors (Lipinski definition) is 4. The first-order valence-corrected chi connectivity index (χ1v) is 10.4. The molecule has 2 aromatic rings. The van der Waals surface area contributed by atoms with Gasteiger partial charge in [0.1, 0.15) is 0 Å². The second-order valence-corrected chi connectivity index (χ2v) is 7.51. The molecule has 0 unspecified atom stereocenters. The van der Waals surface area contributed by atoms with E-state index in [1.165, 1.54) is 5.56 Å². The van der Waals surface area contributed by atoms with E-state index in [0.717, 1.165) is 43.0 Å². The number of nitrogens with zero attached hydrogens (tertiary/aromatic N) is 2. The predicted molar refractivity (Wildman–Crippen MR) is 115 cm³/mol. The van der Waals surface area contributed by atoms with Crippen LogP contribution in [0.3, 0.4) is 0 Å². The van der Waals surface area contributed by atoms with Crippen molar-refractivity contribution in [3.8, 4) is 11.5 Å². The Morgan fingerprint density at radius 2 is 1.90 bits per heavy atom. The van der Waals surface area contributed by atoms with Crippen molar-refractivity contribution in [1.82, 2.24) is 4.90 Å². The SMILES string of the molecule is C=CCN(C(=O)CN1CCC[C@H]1c1ccc2c(c1)OCCCO2)c1ccccc1. The first-order valence-electron chi connectivity index (χ1n) is 10.4. The molecule has 0 bridgehead atoms. The predicted octanol–water partition coefficient (Wildman–Crippen LogP) is 4.20. The number of carbonyl (C=O) groups is 1. The summed E-state index contributed by atoms with van der Waals surface area (Å²) in [5.74, 6) is 1.72. The highest BCUT2D eigenvalue weighted by Crippen LogP contribution is 2.37. The van der Waals surface area contributed by atoms with Gasteiger partial charge in [-0.2, -0.15) is 0 Å². The van der Waals surface area contributed by atoms with Gasteiger partial charge in [-0.15, -0.1) is 6.58 Å². The van der Waals surface area contributed by atoms with Gasteiger partial charge in [-0.25, -0.2) is 0 Å². The molecule has 2 aliphatic heterocycles. The minimum atomic E-state index is 0.0948. The van der Waals surface area contributed by atoms with Gasteiger partial charge in [0.05, 0.1) is 19.8 Å². The molecule has 29 heavy (non-hydrogen) atoms. The fraction of sp³-hybridized carbons (Fsp3) is 0.375. The van der Waals surface area contributed by atoms with Crippen LogP contribution < -0.4 is 14.4 Å². The van der Waals surface area contributed by atoms with Gasteiger partial charge in [0.25, 0.3) is 0 Å². The minimum absolute atomic E-state index is 0.0948. The Balaban J connectivity index is 1.50. The van der Waals surface area contributed by atoms with Crippen molar-refractivity contribution in [3.05, 3.63) is 66.7 Å². The van der Waals surface area contributed by atoms with Gasteiger partial charge >= 0.3 is 0 Å². The molecule has 0 aliphatic carbocycles. The number of fused-ring (bicyclic) bond motifs is 1. The standard InChI is InChI=1S/C24H28N2O3/c1-2-13-26(20-8-4-3-5-9-20)24(27)18-25-14-6-10-21(25)19-11-12-22-23(17-19)29-16-7-15-28-22/h2-5,8-9,11-12,17,21H,1,6-7,10,13-16,18H2/t21-/m0/s1. The molecule has 1 atom stereocenters. The summed E-state index contributed by atoms with van der Waals surface area (Å²) in [5.41, 5.74) is 2.10. The lowest BCUT2D eigenvalue weighted by Gasteiger charge is -2.28. The maximum Gasteiger partial charge on any atom is 0.241 e. The molecule has 152 valence electrons. The van der Waals surface area contributed by atoms with Crippen LogP contribution in [0.25, 0.3) is 0 Å². The summed E-state index contributed by atoms with van der Waals surface area (Å²) in [6.07, 6.45) is 4.79. The van der Waals surface area contributed by atoms with Crippen molar-refractivity contribution < 1.29 is 14.3 Å². The van der Waals surface area contributed by atoms with Crippen LogP contribution in [0.1, 0.15) is 30.9 Å². The minimum Gasteiger partial charge on any atom is -0.490 e. The number of para-hydroxylation sites is 1. The molecule has 2 aromatic carbocycles. The quantitative estimate of drug-likeness (QED) is 0.691. The van der Waals surface area contributed by atoms with E-state index < -0.39 is 0 Å². The molecular weight excluding hydrogens is 364 g/mol. The van der Waals surface area contributed by atoms with Gasteiger partial charge in [0.2, 0.25) is 5.91 Å². The van der Waals surface area contributed by atoms with Gasteiger partial charge in [0, 0.05) is 24.7 Å². The van der Waals surface area contributed by atoms with Gasteiger partial charge in [0.15, 0.2) is 11.5 Å². The molecule has 2 aliphatic rings. The van der Waals surface area contributed by atoms with E-state index >= 15 is 0 Å². The molecule has 5 heteroatoms.